The number of phenols is 1. The lowest BCUT2D eigenvalue weighted by Crippen LogP contribution is -2.12. The summed E-state index contributed by atoms with van der Waals surface area (Å²) < 4.78 is 21.1. The van der Waals surface area contributed by atoms with E-state index in [1.165, 1.54) is 5.56 Å². The van der Waals surface area contributed by atoms with E-state index in [-0.39, 0.29) is 11.2 Å². The Hall–Kier alpha value is -7.04. The van der Waals surface area contributed by atoms with Gasteiger partial charge in [0.2, 0.25) is 0 Å². The number of aromatic nitrogens is 3. The number of para-hydroxylation sites is 2. The molecule has 4 nitrogen and oxygen atoms in total. The van der Waals surface area contributed by atoms with Crippen LogP contribution >= 0.6 is 0 Å². The number of hydrogen-bond acceptors (Lipinski definition) is 3. The van der Waals surface area contributed by atoms with Crippen molar-refractivity contribution in [3.8, 4) is 67.5 Å². The number of imidazole rings is 1. The van der Waals surface area contributed by atoms with Crippen molar-refractivity contribution >= 4 is 11.0 Å². The number of pyridine rings is 1. The van der Waals surface area contributed by atoms with Gasteiger partial charge in [0.15, 0.2) is 0 Å². The van der Waals surface area contributed by atoms with Crippen molar-refractivity contribution in [2.45, 2.75) is 63.7 Å². The molecule has 1 aliphatic carbocycles. The Balaban J connectivity index is 1.11. The van der Waals surface area contributed by atoms with Gasteiger partial charge in [0.05, 0.1) is 22.3 Å². The lowest BCUT2D eigenvalue weighted by Gasteiger charge is -2.29. The van der Waals surface area contributed by atoms with Gasteiger partial charge in [0.1, 0.15) is 11.6 Å². The zero-order chi connectivity index (χ0) is 44.1. The second-order valence-corrected chi connectivity index (χ2v) is 17.5. The van der Waals surface area contributed by atoms with E-state index >= 15 is 0 Å². The largest absolute Gasteiger partial charge is 0.507 e. The molecule has 2 heterocycles. The smallest absolute Gasteiger partial charge is 0.149 e. The van der Waals surface area contributed by atoms with E-state index in [1.807, 2.05) is 91.1 Å². The Morgan fingerprint density at radius 2 is 1.11 bits per heavy atom. The fourth-order valence-corrected chi connectivity index (χ4v) is 9.06. The summed E-state index contributed by atoms with van der Waals surface area (Å²) in [6.45, 7) is 6.72. The summed E-state index contributed by atoms with van der Waals surface area (Å²) in [6, 6.07) is 62.0. The number of nitrogens with zero attached hydrogens (tertiary/aromatic N) is 3. The molecule has 1 saturated carbocycles. The summed E-state index contributed by atoms with van der Waals surface area (Å²) in [4.78, 5) is 10.4. The van der Waals surface area contributed by atoms with Gasteiger partial charge in [-0.25, -0.2) is 4.98 Å². The lowest BCUT2D eigenvalue weighted by molar-refractivity contribution is 0.396. The van der Waals surface area contributed by atoms with Crippen LogP contribution in [0.4, 0.5) is 0 Å². The third-order valence-electron chi connectivity index (χ3n) is 12.5. The molecule has 0 spiro atoms. The van der Waals surface area contributed by atoms with Gasteiger partial charge in [-0.1, -0.05) is 154 Å². The first-order valence-corrected chi connectivity index (χ1v) is 21.7. The molecule has 304 valence electrons. The van der Waals surface area contributed by atoms with Crippen LogP contribution in [0.3, 0.4) is 0 Å². The van der Waals surface area contributed by atoms with E-state index in [9.17, 15) is 7.85 Å². The zero-order valence-electron chi connectivity index (χ0n) is 37.5. The highest BCUT2D eigenvalue weighted by Crippen LogP contribution is 2.44. The van der Waals surface area contributed by atoms with Crippen LogP contribution in [0.15, 0.2) is 188 Å². The predicted octanol–water partition coefficient (Wildman–Crippen LogP) is 15.2. The first kappa shape index (κ1) is 36.8. The summed E-state index contributed by atoms with van der Waals surface area (Å²) in [5.41, 5.74) is 14.1. The van der Waals surface area contributed by atoms with Crippen molar-refractivity contribution in [3.63, 3.8) is 0 Å². The zero-order valence-corrected chi connectivity index (χ0v) is 35.5. The molecule has 4 heteroatoms. The molecular formula is C58H51N3O. The SMILES string of the molecule is [2H]C1(c2ccccc2)CCC([2H])(c2ccc(-n3c(-c4cccc(-c5ccccc5)c4O)nc4c(-c5cc(-c6cc(-c7ccccc7)ccn6)cc(C(C)(C)C)c5)cccc43)cc2)CC1. The molecule has 0 unspecified atom stereocenters. The lowest BCUT2D eigenvalue weighted by atomic mass is 9.76. The maximum absolute atomic E-state index is 12.1. The Labute approximate surface area is 368 Å². The molecule has 1 N–H and O–H groups in total. The first-order valence-electron chi connectivity index (χ1n) is 22.7. The molecule has 0 amide bonds. The Morgan fingerprint density at radius 1 is 0.532 bits per heavy atom. The van der Waals surface area contributed by atoms with Crippen molar-refractivity contribution in [1.29, 1.82) is 0 Å². The molecule has 0 atom stereocenters. The van der Waals surface area contributed by atoms with Gasteiger partial charge < -0.3 is 5.11 Å². The fraction of sp³-hybridized carbons (Fsp3) is 0.172. The van der Waals surface area contributed by atoms with Crippen LogP contribution in [-0.2, 0) is 5.41 Å². The maximum Gasteiger partial charge on any atom is 0.149 e. The number of rotatable bonds is 8. The minimum Gasteiger partial charge on any atom is -0.507 e. The normalized spacial score (nSPS) is 18.3. The van der Waals surface area contributed by atoms with Crippen LogP contribution in [0, 0.1) is 0 Å². The maximum atomic E-state index is 12.1. The van der Waals surface area contributed by atoms with Crippen LogP contribution in [0.25, 0.3) is 72.7 Å². The van der Waals surface area contributed by atoms with Crippen molar-refractivity contribution in [2.75, 3.05) is 0 Å². The Morgan fingerprint density at radius 3 is 1.79 bits per heavy atom. The van der Waals surface area contributed by atoms with Gasteiger partial charge in [-0.2, -0.15) is 0 Å². The fourth-order valence-electron chi connectivity index (χ4n) is 9.06. The standard InChI is InChI=1S/C58H51N3O/c1-58(2,3)48-36-46(35-47(37-48)53-38-45(33-34-59-53)40-17-9-5-10-18-40)50-21-14-24-54-55(50)60-57(52-23-13-22-51(56(52)62)44-19-11-6-12-20-44)61(54)49-31-29-43(30-32-49)42-27-25-41(26-28-42)39-15-7-4-8-16-39/h4-24,29-38,41-42,62H,25-28H2,1-3H3/i41D,42D. The number of hydrogen-bond donors (Lipinski definition) is 1. The van der Waals surface area contributed by atoms with Gasteiger partial charge >= 0.3 is 0 Å². The second-order valence-electron chi connectivity index (χ2n) is 17.5. The second kappa shape index (κ2) is 16.4. The van der Waals surface area contributed by atoms with E-state index in [1.54, 1.807) is 0 Å². The van der Waals surface area contributed by atoms with Gasteiger partial charge in [-0.3, -0.25) is 9.55 Å². The summed E-state index contributed by atoms with van der Waals surface area (Å²) in [6.07, 6.45) is 4.36. The average Bonchev–Trinajstić information content (AvgIpc) is 3.73. The Kier molecular flexibility index (Phi) is 9.75. The molecule has 0 saturated heterocycles. The van der Waals surface area contributed by atoms with Crippen LogP contribution in [-0.4, -0.2) is 19.6 Å². The van der Waals surface area contributed by atoms with E-state index < -0.39 is 11.8 Å². The van der Waals surface area contributed by atoms with Crippen LogP contribution < -0.4 is 0 Å². The topological polar surface area (TPSA) is 50.9 Å². The number of benzene rings is 7. The Bertz CT molecular complexity index is 3110. The van der Waals surface area contributed by atoms with Gasteiger partial charge in [-0.05, 0) is 130 Å². The molecule has 1 aliphatic rings. The number of fused-ring (bicyclic) bond motifs is 1. The molecule has 9 aromatic rings. The summed E-state index contributed by atoms with van der Waals surface area (Å²) in [5, 5.41) is 12.1. The first-order chi connectivity index (χ1) is 31.0. The van der Waals surface area contributed by atoms with Gasteiger partial charge in [0, 0.05) is 31.3 Å². The highest BCUT2D eigenvalue weighted by molar-refractivity contribution is 5.97. The van der Waals surface area contributed by atoms with Crippen LogP contribution in [0.5, 0.6) is 5.75 Å². The minimum atomic E-state index is -0.793. The molecule has 2 aromatic heterocycles. The summed E-state index contributed by atoms with van der Waals surface area (Å²) >= 11 is 0. The van der Waals surface area contributed by atoms with Crippen molar-refractivity contribution in [1.82, 2.24) is 14.5 Å². The molecule has 62 heavy (non-hydrogen) atoms. The number of aromatic hydroxyl groups is 1. The highest BCUT2D eigenvalue weighted by Gasteiger charge is 2.26. The van der Waals surface area contributed by atoms with E-state index in [4.69, 9.17) is 9.97 Å². The van der Waals surface area contributed by atoms with E-state index in [2.05, 4.69) is 122 Å². The average molecular weight is 808 g/mol. The molecule has 1 fully saturated rings. The summed E-state index contributed by atoms with van der Waals surface area (Å²) in [5.74, 6) is -0.692. The third kappa shape index (κ3) is 7.62. The predicted molar refractivity (Wildman–Crippen MR) is 257 cm³/mol. The summed E-state index contributed by atoms with van der Waals surface area (Å²) in [7, 11) is 0. The third-order valence-corrected chi connectivity index (χ3v) is 12.5. The van der Waals surface area contributed by atoms with Crippen molar-refractivity contribution in [3.05, 3.63) is 205 Å². The van der Waals surface area contributed by atoms with Gasteiger partial charge in [0.25, 0.3) is 0 Å². The molecule has 0 bridgehead atoms. The molecule has 10 rings (SSSR count). The number of phenolic OH excluding ortho intramolecular Hbond substituents is 1. The highest BCUT2D eigenvalue weighted by atomic mass is 16.3. The van der Waals surface area contributed by atoms with Crippen LogP contribution in [0.2, 0.25) is 0 Å². The van der Waals surface area contributed by atoms with Gasteiger partial charge in [-0.15, -0.1) is 0 Å². The quantitative estimate of drug-likeness (QED) is 0.166. The van der Waals surface area contributed by atoms with Crippen molar-refractivity contribution < 1.29 is 7.85 Å². The minimum absolute atomic E-state index is 0.150. The van der Waals surface area contributed by atoms with E-state index in [0.29, 0.717) is 37.1 Å². The molecular weight excluding hydrogens is 755 g/mol. The molecule has 0 aliphatic heterocycles. The van der Waals surface area contributed by atoms with E-state index in [0.717, 1.165) is 72.5 Å². The molecule has 7 aromatic carbocycles. The molecule has 0 radical (unpaired) electrons. The van der Waals surface area contributed by atoms with Crippen molar-refractivity contribution in [2.24, 2.45) is 0 Å². The van der Waals surface area contributed by atoms with Crippen LogP contribution in [0.1, 0.15) is 77.7 Å². The monoisotopic (exact) mass is 807 g/mol.